The van der Waals surface area contributed by atoms with Crippen molar-refractivity contribution in [3.05, 3.63) is 20.8 Å². The molecule has 0 aliphatic heterocycles. The minimum atomic E-state index is -0.656. The molecule has 0 saturated carbocycles. The number of carbonyl (C=O) groups excluding carboxylic acids is 1. The standard InChI is InChI=1S/C8H10BrNO2S/c1-2-12-8(11)7(10)5-3-4-6(9)13-5/h3-4,7H,2,10H2,1H3. The fourth-order valence-electron chi connectivity index (χ4n) is 0.844. The number of nitrogens with two attached hydrogens (primary N) is 1. The Kier molecular flexibility index (Phi) is 3.90. The quantitative estimate of drug-likeness (QED) is 0.850. The smallest absolute Gasteiger partial charge is 0.328 e. The maximum atomic E-state index is 11.2. The van der Waals surface area contributed by atoms with Gasteiger partial charge in [-0.05, 0) is 35.0 Å². The van der Waals surface area contributed by atoms with Gasteiger partial charge in [-0.2, -0.15) is 0 Å². The molecule has 5 heteroatoms. The molecule has 1 unspecified atom stereocenters. The van der Waals surface area contributed by atoms with Crippen LogP contribution in [-0.4, -0.2) is 12.6 Å². The maximum absolute atomic E-state index is 11.2. The number of hydrogen-bond acceptors (Lipinski definition) is 4. The van der Waals surface area contributed by atoms with Gasteiger partial charge in [-0.3, -0.25) is 0 Å². The molecular weight excluding hydrogens is 254 g/mol. The van der Waals surface area contributed by atoms with Gasteiger partial charge in [-0.1, -0.05) is 0 Å². The average molecular weight is 264 g/mol. The number of thiophene rings is 1. The fourth-order valence-corrected chi connectivity index (χ4v) is 2.26. The van der Waals surface area contributed by atoms with Crippen molar-refractivity contribution in [1.29, 1.82) is 0 Å². The molecule has 0 amide bonds. The van der Waals surface area contributed by atoms with Gasteiger partial charge < -0.3 is 10.5 Å². The van der Waals surface area contributed by atoms with Crippen LogP contribution in [0.4, 0.5) is 0 Å². The lowest BCUT2D eigenvalue weighted by molar-refractivity contribution is -0.144. The molecule has 1 heterocycles. The second kappa shape index (κ2) is 4.74. The van der Waals surface area contributed by atoms with E-state index < -0.39 is 6.04 Å². The van der Waals surface area contributed by atoms with E-state index in [9.17, 15) is 4.79 Å². The van der Waals surface area contributed by atoms with E-state index in [0.717, 1.165) is 8.66 Å². The second-order valence-electron chi connectivity index (χ2n) is 2.37. The third-order valence-electron chi connectivity index (χ3n) is 1.44. The van der Waals surface area contributed by atoms with E-state index in [1.54, 1.807) is 6.92 Å². The van der Waals surface area contributed by atoms with Gasteiger partial charge in [0, 0.05) is 4.88 Å². The van der Waals surface area contributed by atoms with Crippen molar-refractivity contribution in [2.45, 2.75) is 13.0 Å². The van der Waals surface area contributed by atoms with Crippen molar-refractivity contribution in [2.24, 2.45) is 5.73 Å². The Morgan fingerprint density at radius 2 is 2.46 bits per heavy atom. The van der Waals surface area contributed by atoms with Crippen molar-refractivity contribution in [3.63, 3.8) is 0 Å². The average Bonchev–Trinajstić information content (AvgIpc) is 2.51. The Hall–Kier alpha value is -0.390. The van der Waals surface area contributed by atoms with Gasteiger partial charge in [0.15, 0.2) is 0 Å². The lowest BCUT2D eigenvalue weighted by atomic mass is 10.2. The number of rotatable bonds is 3. The van der Waals surface area contributed by atoms with Crippen molar-refractivity contribution >= 4 is 33.2 Å². The van der Waals surface area contributed by atoms with Gasteiger partial charge >= 0.3 is 5.97 Å². The minimum Gasteiger partial charge on any atom is -0.465 e. The molecule has 1 atom stereocenters. The Bertz CT molecular complexity index is 300. The molecule has 1 aromatic rings. The van der Waals surface area contributed by atoms with Crippen LogP contribution in [0.2, 0.25) is 0 Å². The van der Waals surface area contributed by atoms with Crippen LogP contribution in [0.1, 0.15) is 17.8 Å². The molecule has 0 aliphatic carbocycles. The monoisotopic (exact) mass is 263 g/mol. The van der Waals surface area contributed by atoms with Gasteiger partial charge in [0.25, 0.3) is 0 Å². The summed E-state index contributed by atoms with van der Waals surface area (Å²) < 4.78 is 5.76. The highest BCUT2D eigenvalue weighted by molar-refractivity contribution is 9.11. The molecule has 0 spiro atoms. The molecule has 0 saturated heterocycles. The molecule has 1 aromatic heterocycles. The lowest BCUT2D eigenvalue weighted by Gasteiger charge is -2.07. The minimum absolute atomic E-state index is 0.360. The van der Waals surface area contributed by atoms with Crippen molar-refractivity contribution in [2.75, 3.05) is 6.61 Å². The zero-order chi connectivity index (χ0) is 9.84. The Balaban J connectivity index is 2.67. The van der Waals surface area contributed by atoms with E-state index in [4.69, 9.17) is 10.5 Å². The molecule has 0 aromatic carbocycles. The molecule has 0 aliphatic rings. The topological polar surface area (TPSA) is 52.3 Å². The predicted molar refractivity (Wildman–Crippen MR) is 55.6 cm³/mol. The summed E-state index contributed by atoms with van der Waals surface area (Å²) >= 11 is 4.74. The zero-order valence-corrected chi connectivity index (χ0v) is 9.52. The van der Waals surface area contributed by atoms with E-state index in [0.29, 0.717) is 6.61 Å². The van der Waals surface area contributed by atoms with E-state index in [1.165, 1.54) is 11.3 Å². The molecule has 72 valence electrons. The first-order valence-corrected chi connectivity index (χ1v) is 5.43. The van der Waals surface area contributed by atoms with E-state index in [1.807, 2.05) is 12.1 Å². The van der Waals surface area contributed by atoms with Crippen LogP contribution in [-0.2, 0) is 9.53 Å². The van der Waals surface area contributed by atoms with Crippen LogP contribution in [0.5, 0.6) is 0 Å². The summed E-state index contributed by atoms with van der Waals surface area (Å²) in [5, 5.41) is 0. The number of halogens is 1. The predicted octanol–water partition coefficient (Wildman–Crippen LogP) is 2.07. The Morgan fingerprint density at radius 1 is 1.77 bits per heavy atom. The van der Waals surface area contributed by atoms with Crippen LogP contribution in [0.25, 0.3) is 0 Å². The van der Waals surface area contributed by atoms with E-state index in [-0.39, 0.29) is 5.97 Å². The van der Waals surface area contributed by atoms with Crippen LogP contribution in [0, 0.1) is 0 Å². The third-order valence-corrected chi connectivity index (χ3v) is 3.15. The van der Waals surface area contributed by atoms with Gasteiger partial charge in [0.2, 0.25) is 0 Å². The Labute approximate surface area is 89.0 Å². The first-order chi connectivity index (χ1) is 6.15. The van der Waals surface area contributed by atoms with Gasteiger partial charge in [0.05, 0.1) is 10.4 Å². The summed E-state index contributed by atoms with van der Waals surface area (Å²) in [6, 6.07) is 3.02. The summed E-state index contributed by atoms with van der Waals surface area (Å²) in [6.45, 7) is 2.12. The van der Waals surface area contributed by atoms with Crippen LogP contribution >= 0.6 is 27.3 Å². The first-order valence-electron chi connectivity index (χ1n) is 3.82. The summed E-state index contributed by atoms with van der Waals surface area (Å²) in [6.07, 6.45) is 0. The number of hydrogen-bond donors (Lipinski definition) is 1. The summed E-state index contributed by atoms with van der Waals surface area (Å²) in [5.74, 6) is -0.378. The molecule has 2 N–H and O–H groups in total. The van der Waals surface area contributed by atoms with Gasteiger partial charge in [-0.25, -0.2) is 4.79 Å². The molecule has 0 radical (unpaired) electrons. The van der Waals surface area contributed by atoms with E-state index >= 15 is 0 Å². The molecule has 3 nitrogen and oxygen atoms in total. The largest absolute Gasteiger partial charge is 0.465 e. The third kappa shape index (κ3) is 2.79. The normalized spacial score (nSPS) is 12.5. The summed E-state index contributed by atoms with van der Waals surface area (Å²) in [4.78, 5) is 12.0. The van der Waals surface area contributed by atoms with Crippen LogP contribution < -0.4 is 5.73 Å². The highest BCUT2D eigenvalue weighted by Gasteiger charge is 2.18. The molecule has 0 fully saturated rings. The lowest BCUT2D eigenvalue weighted by Crippen LogP contribution is -2.22. The number of ether oxygens (including phenoxy) is 1. The van der Waals surface area contributed by atoms with Crippen LogP contribution in [0.15, 0.2) is 15.9 Å². The fraction of sp³-hybridized carbons (Fsp3) is 0.375. The highest BCUT2D eigenvalue weighted by Crippen LogP contribution is 2.26. The first kappa shape index (κ1) is 10.7. The van der Waals surface area contributed by atoms with Gasteiger partial charge in [-0.15, -0.1) is 11.3 Å². The SMILES string of the molecule is CCOC(=O)C(N)c1ccc(Br)s1. The van der Waals surface area contributed by atoms with Gasteiger partial charge in [0.1, 0.15) is 6.04 Å². The zero-order valence-electron chi connectivity index (χ0n) is 7.12. The summed E-state index contributed by atoms with van der Waals surface area (Å²) in [5.41, 5.74) is 5.65. The highest BCUT2D eigenvalue weighted by atomic mass is 79.9. The molecular formula is C8H10BrNO2S. The summed E-state index contributed by atoms with van der Waals surface area (Å²) in [7, 11) is 0. The number of esters is 1. The molecule has 0 bridgehead atoms. The van der Waals surface area contributed by atoms with Crippen molar-refractivity contribution < 1.29 is 9.53 Å². The maximum Gasteiger partial charge on any atom is 0.328 e. The van der Waals surface area contributed by atoms with Crippen molar-refractivity contribution in [1.82, 2.24) is 0 Å². The number of carbonyl (C=O) groups is 1. The molecule has 13 heavy (non-hydrogen) atoms. The van der Waals surface area contributed by atoms with E-state index in [2.05, 4.69) is 15.9 Å². The van der Waals surface area contributed by atoms with Crippen LogP contribution in [0.3, 0.4) is 0 Å². The second-order valence-corrected chi connectivity index (χ2v) is 4.87. The van der Waals surface area contributed by atoms with Crippen molar-refractivity contribution in [3.8, 4) is 0 Å². The molecule has 1 rings (SSSR count). The Morgan fingerprint density at radius 3 is 2.92 bits per heavy atom.